The summed E-state index contributed by atoms with van der Waals surface area (Å²) in [7, 11) is -2.86. The Morgan fingerprint density at radius 3 is 2.52 bits per heavy atom. The normalized spacial score (nSPS) is 21.0. The third kappa shape index (κ3) is 4.44. The molecule has 1 aliphatic heterocycles. The lowest BCUT2D eigenvalue weighted by atomic mass is 9.97. The highest BCUT2D eigenvalue weighted by Gasteiger charge is 2.25. The molecular formula is C14H21N3O3S. The smallest absolute Gasteiger partial charge is 0.150 e. The lowest BCUT2D eigenvalue weighted by Gasteiger charge is -2.25. The first-order chi connectivity index (χ1) is 10.0. The topological polar surface area (TPSA) is 105 Å². The van der Waals surface area contributed by atoms with Gasteiger partial charge < -0.3 is 16.3 Å². The second-order valence-corrected chi connectivity index (χ2v) is 7.63. The molecule has 0 bridgehead atoms. The molecule has 0 saturated carbocycles. The molecule has 1 aromatic rings. The molecule has 1 fully saturated rings. The number of nitrogens with one attached hydrogen (secondary N) is 1. The van der Waals surface area contributed by atoms with Crippen LogP contribution in [-0.2, 0) is 9.84 Å². The highest BCUT2D eigenvalue weighted by Crippen LogP contribution is 2.17. The van der Waals surface area contributed by atoms with Gasteiger partial charge in [-0.2, -0.15) is 0 Å². The number of oxime groups is 1. The van der Waals surface area contributed by atoms with Gasteiger partial charge in [-0.3, -0.25) is 0 Å². The van der Waals surface area contributed by atoms with Crippen molar-refractivity contribution in [3.8, 4) is 0 Å². The van der Waals surface area contributed by atoms with Crippen LogP contribution >= 0.6 is 0 Å². The SMILES string of the molecule is NC(=NO)C(CNC1CCS(=O)(=O)CC1)c1ccccc1. The number of sulfone groups is 1. The van der Waals surface area contributed by atoms with Crippen molar-refractivity contribution >= 4 is 15.7 Å². The van der Waals surface area contributed by atoms with Gasteiger partial charge in [0.05, 0.1) is 17.4 Å². The van der Waals surface area contributed by atoms with Crippen LogP contribution in [0.15, 0.2) is 35.5 Å². The van der Waals surface area contributed by atoms with Gasteiger partial charge in [-0.15, -0.1) is 0 Å². The average Bonchev–Trinajstić information content (AvgIpc) is 2.49. The predicted molar refractivity (Wildman–Crippen MR) is 82.3 cm³/mol. The Morgan fingerprint density at radius 1 is 1.33 bits per heavy atom. The summed E-state index contributed by atoms with van der Waals surface area (Å²) in [5.74, 6) is 0.376. The highest BCUT2D eigenvalue weighted by atomic mass is 32.2. The first kappa shape index (κ1) is 15.8. The molecule has 116 valence electrons. The molecule has 1 saturated heterocycles. The van der Waals surface area contributed by atoms with Crippen molar-refractivity contribution in [2.45, 2.75) is 24.8 Å². The maximum atomic E-state index is 11.4. The van der Waals surface area contributed by atoms with E-state index in [4.69, 9.17) is 10.9 Å². The quantitative estimate of drug-likeness (QED) is 0.321. The van der Waals surface area contributed by atoms with E-state index in [2.05, 4.69) is 10.5 Å². The van der Waals surface area contributed by atoms with Gasteiger partial charge in [-0.25, -0.2) is 8.42 Å². The summed E-state index contributed by atoms with van der Waals surface area (Å²) in [4.78, 5) is 0. The molecule has 1 heterocycles. The lowest BCUT2D eigenvalue weighted by Crippen LogP contribution is -2.41. The summed E-state index contributed by atoms with van der Waals surface area (Å²) in [6.07, 6.45) is 1.22. The third-order valence-corrected chi connectivity index (χ3v) is 5.56. The first-order valence-corrected chi connectivity index (χ1v) is 8.80. The summed E-state index contributed by atoms with van der Waals surface area (Å²) in [5, 5.41) is 15.4. The van der Waals surface area contributed by atoms with E-state index in [0.717, 1.165) is 5.56 Å². The predicted octanol–water partition coefficient (Wildman–Crippen LogP) is 0.683. The van der Waals surface area contributed by atoms with E-state index in [-0.39, 0.29) is 29.3 Å². The summed E-state index contributed by atoms with van der Waals surface area (Å²) in [6.45, 7) is 0.518. The van der Waals surface area contributed by atoms with Gasteiger partial charge in [0, 0.05) is 12.6 Å². The first-order valence-electron chi connectivity index (χ1n) is 6.98. The Hall–Kier alpha value is -1.60. The van der Waals surface area contributed by atoms with Crippen molar-refractivity contribution in [3.05, 3.63) is 35.9 Å². The third-order valence-electron chi connectivity index (χ3n) is 3.84. The van der Waals surface area contributed by atoms with E-state index in [0.29, 0.717) is 19.4 Å². The van der Waals surface area contributed by atoms with Gasteiger partial charge in [0.2, 0.25) is 0 Å². The fraction of sp³-hybridized carbons (Fsp3) is 0.500. The minimum absolute atomic E-state index is 0.150. The zero-order valence-corrected chi connectivity index (χ0v) is 12.6. The highest BCUT2D eigenvalue weighted by molar-refractivity contribution is 7.91. The van der Waals surface area contributed by atoms with E-state index in [1.807, 2.05) is 30.3 Å². The summed E-state index contributed by atoms with van der Waals surface area (Å²) < 4.78 is 22.8. The van der Waals surface area contributed by atoms with Crippen LogP contribution in [0.1, 0.15) is 24.3 Å². The number of amidine groups is 1. The fourth-order valence-electron chi connectivity index (χ4n) is 2.53. The summed E-state index contributed by atoms with van der Waals surface area (Å²) in [6, 6.07) is 9.73. The van der Waals surface area contributed by atoms with Crippen molar-refractivity contribution in [1.29, 1.82) is 0 Å². The Bertz CT molecular complexity index is 573. The van der Waals surface area contributed by atoms with Gasteiger partial charge in [0.15, 0.2) is 0 Å². The van der Waals surface area contributed by atoms with Crippen LogP contribution in [-0.4, -0.2) is 43.6 Å². The zero-order chi connectivity index (χ0) is 15.3. The van der Waals surface area contributed by atoms with Gasteiger partial charge in [0.1, 0.15) is 15.7 Å². The number of nitrogens with zero attached hydrogens (tertiary/aromatic N) is 1. The molecule has 0 amide bonds. The standard InChI is InChI=1S/C14H21N3O3S/c15-14(17-18)13(11-4-2-1-3-5-11)10-16-12-6-8-21(19,20)9-7-12/h1-5,12-13,16,18H,6-10H2,(H2,15,17). The summed E-state index contributed by atoms with van der Waals surface area (Å²) >= 11 is 0. The lowest BCUT2D eigenvalue weighted by molar-refractivity contribution is 0.315. The van der Waals surface area contributed by atoms with Crippen LogP contribution in [0.2, 0.25) is 0 Å². The van der Waals surface area contributed by atoms with Crippen LogP contribution < -0.4 is 11.1 Å². The molecule has 1 aliphatic rings. The van der Waals surface area contributed by atoms with Gasteiger partial charge in [0.25, 0.3) is 0 Å². The van der Waals surface area contributed by atoms with E-state index in [1.165, 1.54) is 0 Å². The molecule has 0 aromatic heterocycles. The van der Waals surface area contributed by atoms with Gasteiger partial charge >= 0.3 is 0 Å². The van der Waals surface area contributed by atoms with Crippen molar-refractivity contribution in [3.63, 3.8) is 0 Å². The molecule has 1 aromatic carbocycles. The number of hydrogen-bond donors (Lipinski definition) is 3. The van der Waals surface area contributed by atoms with Gasteiger partial charge in [-0.05, 0) is 18.4 Å². The molecular weight excluding hydrogens is 290 g/mol. The maximum absolute atomic E-state index is 11.4. The minimum Gasteiger partial charge on any atom is -0.409 e. The van der Waals surface area contributed by atoms with Crippen LogP contribution in [0.5, 0.6) is 0 Å². The molecule has 0 radical (unpaired) electrons. The van der Waals surface area contributed by atoms with Crippen molar-refractivity contribution in [2.75, 3.05) is 18.1 Å². The molecule has 0 aliphatic carbocycles. The number of benzene rings is 1. The molecule has 1 unspecified atom stereocenters. The van der Waals surface area contributed by atoms with Gasteiger partial charge in [-0.1, -0.05) is 35.5 Å². The monoisotopic (exact) mass is 311 g/mol. The van der Waals surface area contributed by atoms with Crippen LogP contribution in [0.25, 0.3) is 0 Å². The van der Waals surface area contributed by atoms with Crippen molar-refractivity contribution < 1.29 is 13.6 Å². The Balaban J connectivity index is 1.98. The fourth-order valence-corrected chi connectivity index (χ4v) is 4.02. The largest absolute Gasteiger partial charge is 0.409 e. The van der Waals surface area contributed by atoms with E-state index in [9.17, 15) is 8.42 Å². The van der Waals surface area contributed by atoms with E-state index in [1.54, 1.807) is 0 Å². The van der Waals surface area contributed by atoms with Crippen molar-refractivity contribution in [1.82, 2.24) is 5.32 Å². The average molecular weight is 311 g/mol. The molecule has 21 heavy (non-hydrogen) atoms. The Labute approximate surface area is 125 Å². The van der Waals surface area contributed by atoms with E-state index < -0.39 is 9.84 Å². The van der Waals surface area contributed by atoms with Crippen LogP contribution in [0, 0.1) is 0 Å². The number of rotatable bonds is 5. The molecule has 1 atom stereocenters. The van der Waals surface area contributed by atoms with Crippen LogP contribution in [0.3, 0.4) is 0 Å². The Kier molecular flexibility index (Phi) is 5.19. The second kappa shape index (κ2) is 6.91. The van der Waals surface area contributed by atoms with E-state index >= 15 is 0 Å². The molecule has 4 N–H and O–H groups in total. The summed E-state index contributed by atoms with van der Waals surface area (Å²) in [5.41, 5.74) is 6.73. The molecule has 7 heteroatoms. The van der Waals surface area contributed by atoms with Crippen LogP contribution in [0.4, 0.5) is 0 Å². The minimum atomic E-state index is -2.86. The molecule has 0 spiro atoms. The molecule has 6 nitrogen and oxygen atoms in total. The zero-order valence-electron chi connectivity index (χ0n) is 11.8. The maximum Gasteiger partial charge on any atom is 0.150 e. The molecule has 2 rings (SSSR count). The van der Waals surface area contributed by atoms with Crippen molar-refractivity contribution in [2.24, 2.45) is 10.9 Å². The second-order valence-electron chi connectivity index (χ2n) is 5.32. The number of nitrogens with two attached hydrogens (primary N) is 1. The Morgan fingerprint density at radius 2 is 1.95 bits per heavy atom. The number of hydrogen-bond acceptors (Lipinski definition) is 5.